The van der Waals surface area contributed by atoms with Gasteiger partial charge in [-0.2, -0.15) is 0 Å². The first-order valence-electron chi connectivity index (χ1n) is 4.15. The molecule has 0 aromatic rings. The SMILES string of the molecule is CCN(CCO)CC(=O)N(C)C. The molecule has 1 N–H and O–H groups in total. The molecule has 0 aliphatic heterocycles. The summed E-state index contributed by atoms with van der Waals surface area (Å²) in [6, 6.07) is 0. The standard InChI is InChI=1S/C8H18N2O2/c1-4-10(5-6-11)7-8(12)9(2)3/h11H,4-7H2,1-3H3. The number of hydrogen-bond acceptors (Lipinski definition) is 3. The van der Waals surface area contributed by atoms with Crippen LogP contribution in [0, 0.1) is 0 Å². The van der Waals surface area contributed by atoms with Gasteiger partial charge in [0.05, 0.1) is 13.2 Å². The minimum atomic E-state index is 0.0744. The van der Waals surface area contributed by atoms with Crippen LogP contribution in [0.5, 0.6) is 0 Å². The van der Waals surface area contributed by atoms with Crippen LogP contribution >= 0.6 is 0 Å². The van der Waals surface area contributed by atoms with Gasteiger partial charge in [0, 0.05) is 20.6 Å². The molecule has 0 unspecified atom stereocenters. The maximum atomic E-state index is 11.2. The number of nitrogens with zero attached hydrogens (tertiary/aromatic N) is 2. The first-order chi connectivity index (χ1) is 5.61. The molecule has 0 aromatic carbocycles. The monoisotopic (exact) mass is 174 g/mol. The summed E-state index contributed by atoms with van der Waals surface area (Å²) >= 11 is 0. The van der Waals surface area contributed by atoms with E-state index in [4.69, 9.17) is 5.11 Å². The van der Waals surface area contributed by atoms with Gasteiger partial charge in [0.25, 0.3) is 0 Å². The Hall–Kier alpha value is -0.610. The molecule has 0 aromatic heterocycles. The van der Waals surface area contributed by atoms with Crippen molar-refractivity contribution in [2.24, 2.45) is 0 Å². The molecule has 0 bridgehead atoms. The molecule has 0 saturated heterocycles. The molecule has 0 spiro atoms. The first-order valence-corrected chi connectivity index (χ1v) is 4.15. The normalized spacial score (nSPS) is 10.4. The molecule has 4 heteroatoms. The molecule has 0 saturated carbocycles. The van der Waals surface area contributed by atoms with Gasteiger partial charge in [-0.25, -0.2) is 0 Å². The van der Waals surface area contributed by atoms with E-state index in [1.54, 1.807) is 19.0 Å². The lowest BCUT2D eigenvalue weighted by Gasteiger charge is -2.20. The highest BCUT2D eigenvalue weighted by molar-refractivity contribution is 5.77. The predicted molar refractivity (Wildman–Crippen MR) is 47.9 cm³/mol. The third-order valence-electron chi connectivity index (χ3n) is 1.72. The summed E-state index contributed by atoms with van der Waals surface area (Å²) in [5.41, 5.74) is 0. The quantitative estimate of drug-likeness (QED) is 0.604. The molecule has 0 aliphatic rings. The smallest absolute Gasteiger partial charge is 0.236 e. The third-order valence-corrected chi connectivity index (χ3v) is 1.72. The van der Waals surface area contributed by atoms with Crippen molar-refractivity contribution < 1.29 is 9.90 Å². The van der Waals surface area contributed by atoms with Gasteiger partial charge in [0.1, 0.15) is 0 Å². The lowest BCUT2D eigenvalue weighted by Crippen LogP contribution is -2.37. The molecule has 0 radical (unpaired) electrons. The number of aliphatic hydroxyl groups is 1. The van der Waals surface area contributed by atoms with Crippen molar-refractivity contribution in [2.45, 2.75) is 6.92 Å². The number of hydrogen-bond donors (Lipinski definition) is 1. The van der Waals surface area contributed by atoms with E-state index in [0.29, 0.717) is 13.1 Å². The lowest BCUT2D eigenvalue weighted by molar-refractivity contribution is -0.129. The minimum Gasteiger partial charge on any atom is -0.395 e. The number of carbonyl (C=O) groups is 1. The van der Waals surface area contributed by atoms with Gasteiger partial charge in [0.2, 0.25) is 5.91 Å². The molecule has 0 heterocycles. The van der Waals surface area contributed by atoms with Crippen LogP contribution in [0.2, 0.25) is 0 Å². The lowest BCUT2D eigenvalue weighted by atomic mass is 10.4. The van der Waals surface area contributed by atoms with Crippen molar-refractivity contribution in [1.29, 1.82) is 0 Å². The molecule has 12 heavy (non-hydrogen) atoms. The fourth-order valence-electron chi connectivity index (χ4n) is 0.823. The highest BCUT2D eigenvalue weighted by Gasteiger charge is 2.09. The zero-order chi connectivity index (χ0) is 9.56. The number of likely N-dealkylation sites (N-methyl/N-ethyl adjacent to an activating group) is 2. The number of carbonyl (C=O) groups excluding carboxylic acids is 1. The Morgan fingerprint density at radius 2 is 2.00 bits per heavy atom. The van der Waals surface area contributed by atoms with Crippen LogP contribution < -0.4 is 0 Å². The highest BCUT2D eigenvalue weighted by Crippen LogP contribution is 1.89. The molecular weight excluding hydrogens is 156 g/mol. The van der Waals surface area contributed by atoms with Gasteiger partial charge >= 0.3 is 0 Å². The molecule has 4 nitrogen and oxygen atoms in total. The zero-order valence-electron chi connectivity index (χ0n) is 8.08. The summed E-state index contributed by atoms with van der Waals surface area (Å²) in [4.78, 5) is 14.7. The summed E-state index contributed by atoms with van der Waals surface area (Å²) < 4.78 is 0. The van der Waals surface area contributed by atoms with Crippen molar-refractivity contribution in [3.05, 3.63) is 0 Å². The van der Waals surface area contributed by atoms with Gasteiger partial charge < -0.3 is 10.0 Å². The maximum absolute atomic E-state index is 11.2. The van der Waals surface area contributed by atoms with E-state index in [1.807, 2.05) is 11.8 Å². The second-order valence-corrected chi connectivity index (χ2v) is 2.88. The largest absolute Gasteiger partial charge is 0.395 e. The first kappa shape index (κ1) is 11.4. The van der Waals surface area contributed by atoms with Gasteiger partial charge in [-0.05, 0) is 6.54 Å². The average molecular weight is 174 g/mol. The molecule has 0 aliphatic carbocycles. The van der Waals surface area contributed by atoms with Crippen molar-refractivity contribution in [2.75, 3.05) is 40.3 Å². The van der Waals surface area contributed by atoms with E-state index in [2.05, 4.69) is 0 Å². The van der Waals surface area contributed by atoms with Crippen LogP contribution in [0.3, 0.4) is 0 Å². The van der Waals surface area contributed by atoms with Gasteiger partial charge in [-0.1, -0.05) is 6.92 Å². The topological polar surface area (TPSA) is 43.8 Å². The molecule has 0 fully saturated rings. The van der Waals surface area contributed by atoms with Crippen molar-refractivity contribution >= 4 is 5.91 Å². The number of rotatable bonds is 5. The number of aliphatic hydroxyl groups excluding tert-OH is 1. The van der Waals surface area contributed by atoms with Crippen LogP contribution in [-0.4, -0.2) is 61.2 Å². The summed E-state index contributed by atoms with van der Waals surface area (Å²) in [6.45, 7) is 3.83. The zero-order valence-corrected chi connectivity index (χ0v) is 8.08. The average Bonchev–Trinajstić information content (AvgIpc) is 2.03. The Morgan fingerprint density at radius 1 is 1.42 bits per heavy atom. The van der Waals surface area contributed by atoms with Crippen molar-refractivity contribution in [3.63, 3.8) is 0 Å². The Labute approximate surface area is 73.8 Å². The maximum Gasteiger partial charge on any atom is 0.236 e. The van der Waals surface area contributed by atoms with Crippen molar-refractivity contribution in [3.8, 4) is 0 Å². The van der Waals surface area contributed by atoms with Crippen molar-refractivity contribution in [1.82, 2.24) is 9.80 Å². The fourth-order valence-corrected chi connectivity index (χ4v) is 0.823. The van der Waals surface area contributed by atoms with Gasteiger partial charge in [-0.3, -0.25) is 9.69 Å². The van der Waals surface area contributed by atoms with Gasteiger partial charge in [-0.15, -0.1) is 0 Å². The van der Waals surface area contributed by atoms with E-state index >= 15 is 0 Å². The van der Waals surface area contributed by atoms with E-state index in [0.717, 1.165) is 6.54 Å². The van der Waals surface area contributed by atoms with E-state index < -0.39 is 0 Å². The van der Waals surface area contributed by atoms with E-state index in [9.17, 15) is 4.79 Å². The molecule has 72 valence electrons. The van der Waals surface area contributed by atoms with Crippen LogP contribution in [0.25, 0.3) is 0 Å². The minimum absolute atomic E-state index is 0.0744. The number of amides is 1. The third kappa shape index (κ3) is 4.31. The molecule has 0 rings (SSSR count). The molecule has 0 atom stereocenters. The Kier molecular flexibility index (Phi) is 5.66. The van der Waals surface area contributed by atoms with Crippen LogP contribution in [0.15, 0.2) is 0 Å². The van der Waals surface area contributed by atoms with E-state index in [1.165, 1.54) is 0 Å². The second kappa shape index (κ2) is 5.97. The summed E-state index contributed by atoms with van der Waals surface area (Å²) in [5.74, 6) is 0.0744. The van der Waals surface area contributed by atoms with Crippen LogP contribution in [0.1, 0.15) is 6.92 Å². The fraction of sp³-hybridized carbons (Fsp3) is 0.875. The Morgan fingerprint density at radius 3 is 2.33 bits per heavy atom. The van der Waals surface area contributed by atoms with E-state index in [-0.39, 0.29) is 12.5 Å². The van der Waals surface area contributed by atoms with Crippen LogP contribution in [0.4, 0.5) is 0 Å². The predicted octanol–water partition coefficient (Wildman–Crippen LogP) is -0.611. The molecular formula is C8H18N2O2. The second-order valence-electron chi connectivity index (χ2n) is 2.88. The van der Waals surface area contributed by atoms with Crippen LogP contribution in [-0.2, 0) is 4.79 Å². The summed E-state index contributed by atoms with van der Waals surface area (Å²) in [7, 11) is 3.46. The Bertz CT molecular complexity index is 137. The molecule has 1 amide bonds. The van der Waals surface area contributed by atoms with Gasteiger partial charge in [0.15, 0.2) is 0 Å². The summed E-state index contributed by atoms with van der Waals surface area (Å²) in [5, 5.41) is 8.65. The Balaban J connectivity index is 3.77. The summed E-state index contributed by atoms with van der Waals surface area (Å²) in [6.07, 6.45) is 0. The highest BCUT2D eigenvalue weighted by atomic mass is 16.3.